The molecule has 2 nitrogen and oxygen atoms in total. The van der Waals surface area contributed by atoms with Gasteiger partial charge in [0.05, 0.1) is 16.0 Å². The van der Waals surface area contributed by atoms with Crippen LogP contribution < -0.4 is 0 Å². The van der Waals surface area contributed by atoms with E-state index in [1.54, 1.807) is 18.3 Å². The van der Waals surface area contributed by atoms with Crippen molar-refractivity contribution in [3.8, 4) is 0 Å². The Hall–Kier alpha value is -0.410. The zero-order valence-electron chi connectivity index (χ0n) is 7.86. The monoisotopic (exact) mass is 197 g/mol. The van der Waals surface area contributed by atoms with E-state index in [4.69, 9.17) is 0 Å². The van der Waals surface area contributed by atoms with Gasteiger partial charge in [-0.2, -0.15) is 0 Å². The third kappa shape index (κ3) is 1.92. The van der Waals surface area contributed by atoms with Crippen molar-refractivity contribution in [2.24, 2.45) is 0 Å². The number of aliphatic hydroxyl groups excluding tert-OH is 1. The molecule has 0 amide bonds. The second kappa shape index (κ2) is 3.76. The molecule has 72 valence electrons. The summed E-state index contributed by atoms with van der Waals surface area (Å²) in [7, 11) is 0. The third-order valence-electron chi connectivity index (χ3n) is 2.66. The van der Waals surface area contributed by atoms with Crippen molar-refractivity contribution in [1.29, 1.82) is 0 Å². The van der Waals surface area contributed by atoms with E-state index in [0.717, 1.165) is 4.88 Å². The summed E-state index contributed by atoms with van der Waals surface area (Å²) in [6.45, 7) is 1.80. The highest BCUT2D eigenvalue weighted by Gasteiger charge is 2.20. The zero-order valence-corrected chi connectivity index (χ0v) is 8.68. The minimum atomic E-state index is -0.354. The van der Waals surface area contributed by atoms with E-state index >= 15 is 0 Å². The zero-order chi connectivity index (χ0) is 9.26. The van der Waals surface area contributed by atoms with E-state index in [-0.39, 0.29) is 6.10 Å². The lowest BCUT2D eigenvalue weighted by molar-refractivity contribution is 0.203. The van der Waals surface area contributed by atoms with Crippen molar-refractivity contribution in [1.82, 2.24) is 4.98 Å². The molecule has 13 heavy (non-hydrogen) atoms. The van der Waals surface area contributed by atoms with Crippen LogP contribution in [0.1, 0.15) is 54.5 Å². The molecule has 1 N–H and O–H groups in total. The molecule has 1 aliphatic carbocycles. The van der Waals surface area contributed by atoms with Gasteiger partial charge in [-0.05, 0) is 19.8 Å². The van der Waals surface area contributed by atoms with Gasteiger partial charge in [0.2, 0.25) is 0 Å². The van der Waals surface area contributed by atoms with Crippen molar-refractivity contribution in [3.63, 3.8) is 0 Å². The lowest BCUT2D eigenvalue weighted by Gasteiger charge is -2.02. The molecule has 1 fully saturated rings. The highest BCUT2D eigenvalue weighted by molar-refractivity contribution is 7.11. The quantitative estimate of drug-likeness (QED) is 0.790. The van der Waals surface area contributed by atoms with Crippen LogP contribution in [0.2, 0.25) is 0 Å². The molecule has 0 bridgehead atoms. The highest BCUT2D eigenvalue weighted by atomic mass is 32.1. The summed E-state index contributed by atoms with van der Waals surface area (Å²) in [4.78, 5) is 5.38. The van der Waals surface area contributed by atoms with Gasteiger partial charge in [-0.3, -0.25) is 0 Å². The molecule has 0 saturated heterocycles. The minimum Gasteiger partial charge on any atom is -0.388 e. The van der Waals surface area contributed by atoms with E-state index < -0.39 is 0 Å². The molecule has 0 spiro atoms. The Bertz CT molecular complexity index is 276. The highest BCUT2D eigenvalue weighted by Crippen LogP contribution is 2.36. The molecule has 1 aromatic heterocycles. The summed E-state index contributed by atoms with van der Waals surface area (Å²) in [6.07, 6.45) is 6.72. The van der Waals surface area contributed by atoms with Gasteiger partial charge in [0.1, 0.15) is 0 Å². The van der Waals surface area contributed by atoms with E-state index in [9.17, 15) is 5.11 Å². The first-order valence-corrected chi connectivity index (χ1v) is 5.72. The molecule has 1 heterocycles. The smallest absolute Gasteiger partial charge is 0.0959 e. The summed E-state index contributed by atoms with van der Waals surface area (Å²) in [5, 5.41) is 10.6. The van der Waals surface area contributed by atoms with E-state index in [0.29, 0.717) is 5.92 Å². The topological polar surface area (TPSA) is 33.1 Å². The Balaban J connectivity index is 2.12. The van der Waals surface area contributed by atoms with Crippen molar-refractivity contribution in [2.75, 3.05) is 0 Å². The van der Waals surface area contributed by atoms with Crippen LogP contribution in [-0.4, -0.2) is 10.1 Å². The number of hydrogen-bond acceptors (Lipinski definition) is 3. The van der Waals surface area contributed by atoms with Crippen LogP contribution in [-0.2, 0) is 0 Å². The van der Waals surface area contributed by atoms with Crippen LogP contribution in [0.15, 0.2) is 6.20 Å². The molecule has 1 atom stereocenters. The molecular formula is C10H15NOS. The number of hydrogen-bond donors (Lipinski definition) is 1. The molecule has 1 aliphatic rings. The van der Waals surface area contributed by atoms with Crippen LogP contribution in [0.5, 0.6) is 0 Å². The van der Waals surface area contributed by atoms with Crippen molar-refractivity contribution in [2.45, 2.75) is 44.6 Å². The van der Waals surface area contributed by atoms with E-state index in [1.165, 1.54) is 30.7 Å². The molecular weight excluding hydrogens is 182 g/mol. The van der Waals surface area contributed by atoms with Gasteiger partial charge in [0.25, 0.3) is 0 Å². The second-order valence-corrected chi connectivity index (χ2v) is 4.85. The molecule has 0 aromatic carbocycles. The standard InChI is InChI=1S/C10H15NOS/c1-7(12)9-6-11-10(13-9)8-4-2-3-5-8/h6-8,12H,2-5H2,1H3. The van der Waals surface area contributed by atoms with Gasteiger partial charge in [-0.1, -0.05) is 12.8 Å². The largest absolute Gasteiger partial charge is 0.388 e. The number of rotatable bonds is 2. The minimum absolute atomic E-state index is 0.354. The second-order valence-electron chi connectivity index (χ2n) is 3.76. The number of thiazole rings is 1. The molecule has 0 aliphatic heterocycles. The number of nitrogens with zero attached hydrogens (tertiary/aromatic N) is 1. The number of aromatic nitrogens is 1. The van der Waals surface area contributed by atoms with Gasteiger partial charge >= 0.3 is 0 Å². The predicted molar refractivity (Wildman–Crippen MR) is 54.0 cm³/mol. The summed E-state index contributed by atoms with van der Waals surface area (Å²) < 4.78 is 0. The molecule has 0 radical (unpaired) electrons. The molecule has 3 heteroatoms. The summed E-state index contributed by atoms with van der Waals surface area (Å²) >= 11 is 1.68. The Kier molecular flexibility index (Phi) is 2.65. The van der Waals surface area contributed by atoms with Crippen LogP contribution in [0.3, 0.4) is 0 Å². The molecule has 1 saturated carbocycles. The molecule has 1 unspecified atom stereocenters. The first kappa shape index (κ1) is 9.16. The average Bonchev–Trinajstić information content (AvgIpc) is 2.75. The van der Waals surface area contributed by atoms with Crippen LogP contribution in [0.25, 0.3) is 0 Å². The Morgan fingerprint density at radius 3 is 2.77 bits per heavy atom. The summed E-state index contributed by atoms with van der Waals surface area (Å²) in [6, 6.07) is 0. The van der Waals surface area contributed by atoms with E-state index in [2.05, 4.69) is 4.98 Å². The fourth-order valence-corrected chi connectivity index (χ4v) is 2.88. The van der Waals surface area contributed by atoms with Gasteiger partial charge in [-0.25, -0.2) is 4.98 Å². The van der Waals surface area contributed by atoms with Crippen molar-refractivity contribution >= 4 is 11.3 Å². The summed E-state index contributed by atoms with van der Waals surface area (Å²) in [5.74, 6) is 0.678. The fourth-order valence-electron chi connectivity index (χ4n) is 1.86. The van der Waals surface area contributed by atoms with Gasteiger partial charge in [0, 0.05) is 12.1 Å². The third-order valence-corrected chi connectivity index (χ3v) is 3.99. The average molecular weight is 197 g/mol. The normalized spacial score (nSPS) is 20.8. The first-order chi connectivity index (χ1) is 6.27. The van der Waals surface area contributed by atoms with Gasteiger partial charge in [-0.15, -0.1) is 11.3 Å². The molecule has 2 rings (SSSR count). The van der Waals surface area contributed by atoms with Gasteiger partial charge < -0.3 is 5.11 Å². The Morgan fingerprint density at radius 2 is 2.23 bits per heavy atom. The number of aliphatic hydroxyl groups is 1. The lowest BCUT2D eigenvalue weighted by Crippen LogP contribution is -1.89. The summed E-state index contributed by atoms with van der Waals surface area (Å²) in [5.41, 5.74) is 0. The van der Waals surface area contributed by atoms with E-state index in [1.807, 2.05) is 6.20 Å². The molecule has 1 aromatic rings. The first-order valence-electron chi connectivity index (χ1n) is 4.91. The maximum Gasteiger partial charge on any atom is 0.0959 e. The lowest BCUT2D eigenvalue weighted by atomic mass is 10.1. The predicted octanol–water partition coefficient (Wildman–Crippen LogP) is 2.85. The van der Waals surface area contributed by atoms with Crippen molar-refractivity contribution < 1.29 is 5.11 Å². The van der Waals surface area contributed by atoms with Crippen LogP contribution in [0, 0.1) is 0 Å². The van der Waals surface area contributed by atoms with Crippen LogP contribution in [0.4, 0.5) is 0 Å². The Morgan fingerprint density at radius 1 is 1.54 bits per heavy atom. The Labute approximate surface area is 82.6 Å². The van der Waals surface area contributed by atoms with Gasteiger partial charge in [0.15, 0.2) is 0 Å². The van der Waals surface area contributed by atoms with Crippen molar-refractivity contribution in [3.05, 3.63) is 16.1 Å². The maximum atomic E-state index is 9.35. The SMILES string of the molecule is CC(O)c1cnc(C2CCCC2)s1. The maximum absolute atomic E-state index is 9.35. The fraction of sp³-hybridized carbons (Fsp3) is 0.700. The van der Waals surface area contributed by atoms with Crippen LogP contribution >= 0.6 is 11.3 Å².